The maximum atomic E-state index is 10.9. The summed E-state index contributed by atoms with van der Waals surface area (Å²) < 4.78 is 0. The number of nitro groups is 1. The highest BCUT2D eigenvalue weighted by Gasteiger charge is 2.29. The molecule has 1 unspecified atom stereocenters. The van der Waals surface area contributed by atoms with Crippen molar-refractivity contribution in [2.75, 3.05) is 18.0 Å². The second-order valence-corrected chi connectivity index (χ2v) is 4.18. The number of carboxylic acid groups (broad SMARTS) is 1. The number of nitriles is 1. The van der Waals surface area contributed by atoms with Gasteiger partial charge in [-0.05, 0) is 12.5 Å². The zero-order valence-corrected chi connectivity index (χ0v) is 9.81. The molecule has 8 heteroatoms. The number of carboxylic acids is 1. The molecule has 1 aromatic heterocycles. The van der Waals surface area contributed by atoms with Crippen LogP contribution < -0.4 is 4.90 Å². The largest absolute Gasteiger partial charge is 0.481 e. The fourth-order valence-corrected chi connectivity index (χ4v) is 2.02. The number of rotatable bonds is 3. The van der Waals surface area contributed by atoms with E-state index in [2.05, 4.69) is 4.98 Å². The van der Waals surface area contributed by atoms with E-state index in [1.165, 1.54) is 12.1 Å². The summed E-state index contributed by atoms with van der Waals surface area (Å²) in [4.78, 5) is 26.5. The van der Waals surface area contributed by atoms with Gasteiger partial charge in [-0.25, -0.2) is 4.98 Å². The van der Waals surface area contributed by atoms with E-state index in [9.17, 15) is 14.9 Å². The Kier molecular flexibility index (Phi) is 3.29. The molecule has 0 bridgehead atoms. The molecule has 1 aliphatic heterocycles. The first-order valence-electron chi connectivity index (χ1n) is 5.56. The number of hydrogen-bond acceptors (Lipinski definition) is 6. The van der Waals surface area contributed by atoms with Crippen molar-refractivity contribution in [3.63, 3.8) is 0 Å². The molecular weight excluding hydrogens is 252 g/mol. The van der Waals surface area contributed by atoms with Gasteiger partial charge in [0.2, 0.25) is 5.69 Å². The van der Waals surface area contributed by atoms with Gasteiger partial charge in [0.05, 0.1) is 10.8 Å². The monoisotopic (exact) mass is 262 g/mol. The van der Waals surface area contributed by atoms with Crippen LogP contribution in [-0.4, -0.2) is 34.1 Å². The van der Waals surface area contributed by atoms with Gasteiger partial charge in [0.15, 0.2) is 0 Å². The average molecular weight is 262 g/mol. The van der Waals surface area contributed by atoms with Crippen molar-refractivity contribution >= 4 is 17.5 Å². The molecule has 2 heterocycles. The Morgan fingerprint density at radius 3 is 2.89 bits per heavy atom. The normalized spacial score (nSPS) is 18.1. The van der Waals surface area contributed by atoms with Crippen LogP contribution in [0.1, 0.15) is 12.1 Å². The molecule has 2 rings (SSSR count). The second kappa shape index (κ2) is 4.89. The summed E-state index contributed by atoms with van der Waals surface area (Å²) in [5.74, 6) is -0.946. The van der Waals surface area contributed by atoms with E-state index in [1.54, 1.807) is 11.0 Å². The van der Waals surface area contributed by atoms with E-state index >= 15 is 0 Å². The minimum Gasteiger partial charge on any atom is -0.481 e. The van der Waals surface area contributed by atoms with Crippen LogP contribution in [0.2, 0.25) is 0 Å². The van der Waals surface area contributed by atoms with Crippen LogP contribution in [0.5, 0.6) is 0 Å². The first kappa shape index (κ1) is 12.8. The van der Waals surface area contributed by atoms with Crippen LogP contribution in [0, 0.1) is 27.4 Å². The highest BCUT2D eigenvalue weighted by atomic mass is 16.6. The van der Waals surface area contributed by atoms with E-state index in [4.69, 9.17) is 10.4 Å². The van der Waals surface area contributed by atoms with Crippen molar-refractivity contribution in [3.05, 3.63) is 27.9 Å². The van der Waals surface area contributed by atoms with Gasteiger partial charge in [-0.1, -0.05) is 0 Å². The van der Waals surface area contributed by atoms with E-state index in [-0.39, 0.29) is 11.4 Å². The van der Waals surface area contributed by atoms with Crippen molar-refractivity contribution in [3.8, 4) is 6.07 Å². The minimum absolute atomic E-state index is 0.263. The molecule has 19 heavy (non-hydrogen) atoms. The number of aliphatic carboxylic acids is 1. The number of carbonyl (C=O) groups is 1. The molecule has 0 amide bonds. The number of aromatic nitrogens is 1. The lowest BCUT2D eigenvalue weighted by atomic mass is 10.1. The third-order valence-corrected chi connectivity index (χ3v) is 3.02. The molecule has 1 saturated heterocycles. The summed E-state index contributed by atoms with van der Waals surface area (Å²) in [6.07, 6.45) is 0.496. The molecule has 8 nitrogen and oxygen atoms in total. The number of pyridine rings is 1. The SMILES string of the molecule is N#Cc1nc(N2CCC(C(=O)O)C2)ccc1[N+](=O)[O-]. The highest BCUT2D eigenvalue weighted by Crippen LogP contribution is 2.25. The Labute approximate surface area is 108 Å². The van der Waals surface area contributed by atoms with Gasteiger partial charge in [-0.15, -0.1) is 0 Å². The van der Waals surface area contributed by atoms with Crippen LogP contribution in [0.3, 0.4) is 0 Å². The molecule has 0 spiro atoms. The quantitative estimate of drug-likeness (QED) is 0.630. The number of hydrogen-bond donors (Lipinski definition) is 1. The van der Waals surface area contributed by atoms with Gasteiger partial charge in [-0.3, -0.25) is 14.9 Å². The molecule has 1 N–H and O–H groups in total. The minimum atomic E-state index is -0.870. The number of anilines is 1. The third kappa shape index (κ3) is 2.44. The smallest absolute Gasteiger partial charge is 0.308 e. The lowest BCUT2D eigenvalue weighted by molar-refractivity contribution is -0.385. The molecule has 0 aliphatic carbocycles. The Morgan fingerprint density at radius 1 is 1.63 bits per heavy atom. The Hall–Kier alpha value is -2.69. The predicted molar refractivity (Wildman–Crippen MR) is 63.6 cm³/mol. The average Bonchev–Trinajstić information content (AvgIpc) is 2.87. The second-order valence-electron chi connectivity index (χ2n) is 4.18. The predicted octanol–water partition coefficient (Wildman–Crippen LogP) is 0.772. The Morgan fingerprint density at radius 2 is 2.37 bits per heavy atom. The van der Waals surface area contributed by atoms with E-state index in [0.29, 0.717) is 25.3 Å². The summed E-state index contributed by atoms with van der Waals surface area (Å²) >= 11 is 0. The van der Waals surface area contributed by atoms with Crippen LogP contribution >= 0.6 is 0 Å². The lowest BCUT2D eigenvalue weighted by Crippen LogP contribution is -2.23. The molecular formula is C11H10N4O4. The van der Waals surface area contributed by atoms with Crippen molar-refractivity contribution in [2.24, 2.45) is 5.92 Å². The van der Waals surface area contributed by atoms with Gasteiger partial charge in [-0.2, -0.15) is 5.26 Å². The molecule has 0 saturated carbocycles. The van der Waals surface area contributed by atoms with Crippen molar-refractivity contribution < 1.29 is 14.8 Å². The third-order valence-electron chi connectivity index (χ3n) is 3.02. The van der Waals surface area contributed by atoms with E-state index in [0.717, 1.165) is 0 Å². The van der Waals surface area contributed by atoms with Crippen LogP contribution in [0.4, 0.5) is 11.5 Å². The summed E-state index contributed by atoms with van der Waals surface area (Å²) in [6, 6.07) is 4.33. The van der Waals surface area contributed by atoms with Crippen LogP contribution in [0.25, 0.3) is 0 Å². The standard InChI is InChI=1S/C11H10N4O4/c12-5-8-9(15(18)19)1-2-10(13-8)14-4-3-7(6-14)11(16)17/h1-2,7H,3-4,6H2,(H,16,17). The molecule has 1 fully saturated rings. The van der Waals surface area contributed by atoms with E-state index < -0.39 is 16.8 Å². The topological polar surface area (TPSA) is 120 Å². The fraction of sp³-hybridized carbons (Fsp3) is 0.364. The fourth-order valence-electron chi connectivity index (χ4n) is 2.02. The zero-order chi connectivity index (χ0) is 14.0. The van der Waals surface area contributed by atoms with Gasteiger partial charge >= 0.3 is 11.7 Å². The summed E-state index contributed by atoms with van der Waals surface area (Å²) in [6.45, 7) is 0.803. The Bertz CT molecular complexity index is 581. The Balaban J connectivity index is 2.26. The van der Waals surface area contributed by atoms with Crippen molar-refractivity contribution in [1.82, 2.24) is 4.98 Å². The van der Waals surface area contributed by atoms with Crippen molar-refractivity contribution in [1.29, 1.82) is 5.26 Å². The molecule has 98 valence electrons. The summed E-state index contributed by atoms with van der Waals surface area (Å²) in [5, 5.41) is 28.4. The van der Waals surface area contributed by atoms with Gasteiger partial charge in [0.1, 0.15) is 11.9 Å². The summed E-state index contributed by atoms with van der Waals surface area (Å²) in [5.41, 5.74) is -0.610. The maximum Gasteiger partial charge on any atom is 0.308 e. The molecule has 1 aliphatic rings. The first-order valence-corrected chi connectivity index (χ1v) is 5.56. The van der Waals surface area contributed by atoms with E-state index in [1.807, 2.05) is 0 Å². The highest BCUT2D eigenvalue weighted by molar-refractivity contribution is 5.72. The molecule has 0 aromatic carbocycles. The van der Waals surface area contributed by atoms with Gasteiger partial charge < -0.3 is 10.0 Å². The van der Waals surface area contributed by atoms with Crippen LogP contribution in [-0.2, 0) is 4.79 Å². The molecule has 0 radical (unpaired) electrons. The van der Waals surface area contributed by atoms with Crippen LogP contribution in [0.15, 0.2) is 12.1 Å². The number of nitrogens with zero attached hydrogens (tertiary/aromatic N) is 4. The lowest BCUT2D eigenvalue weighted by Gasteiger charge is -2.16. The van der Waals surface area contributed by atoms with Crippen molar-refractivity contribution in [2.45, 2.75) is 6.42 Å². The zero-order valence-electron chi connectivity index (χ0n) is 9.81. The maximum absolute atomic E-state index is 10.9. The molecule has 1 atom stereocenters. The summed E-state index contributed by atoms with van der Waals surface area (Å²) in [7, 11) is 0. The van der Waals surface area contributed by atoms with Gasteiger partial charge in [0, 0.05) is 19.2 Å². The first-order chi connectivity index (χ1) is 9.02. The van der Waals surface area contributed by atoms with Gasteiger partial charge in [0.25, 0.3) is 0 Å². The molecule has 1 aromatic rings.